The maximum atomic E-state index is 10.3. The third-order valence-corrected chi connectivity index (χ3v) is 5.24. The number of nitrogens with two attached hydrogens (primary N) is 1. The molecule has 4 rings (SSSR count). The predicted molar refractivity (Wildman–Crippen MR) is 116 cm³/mol. The number of anilines is 2. The fourth-order valence-corrected chi connectivity index (χ4v) is 3.36. The van der Waals surface area contributed by atoms with E-state index < -0.39 is 39.0 Å². The molecular weight excluding hydrogens is 483 g/mol. The summed E-state index contributed by atoms with van der Waals surface area (Å²) in [5.41, 5.74) is 8.90. The number of aliphatic hydroxyl groups is 3. The van der Waals surface area contributed by atoms with Crippen LogP contribution in [-0.4, -0.2) is 76.3 Å². The van der Waals surface area contributed by atoms with E-state index in [1.165, 1.54) is 6.33 Å². The Morgan fingerprint density at radius 1 is 1.21 bits per heavy atom. The van der Waals surface area contributed by atoms with E-state index in [1.807, 2.05) is 6.07 Å². The van der Waals surface area contributed by atoms with Gasteiger partial charge in [-0.2, -0.15) is 0 Å². The lowest BCUT2D eigenvalue weighted by molar-refractivity contribution is -0.132. The van der Waals surface area contributed by atoms with Gasteiger partial charge >= 0.3 is 7.82 Å². The van der Waals surface area contributed by atoms with Crippen molar-refractivity contribution in [3.05, 3.63) is 41.4 Å². The van der Waals surface area contributed by atoms with Crippen molar-refractivity contribution in [3.8, 4) is 0 Å². The summed E-state index contributed by atoms with van der Waals surface area (Å²) >= 11 is 5.86. The molecule has 1 aliphatic heterocycles. The summed E-state index contributed by atoms with van der Waals surface area (Å²) in [6.45, 7) is -0.0618. The highest BCUT2D eigenvalue weighted by Gasteiger charge is 2.42. The van der Waals surface area contributed by atoms with E-state index in [2.05, 4.69) is 34.5 Å². The van der Waals surface area contributed by atoms with Crippen molar-refractivity contribution in [2.24, 2.45) is 0 Å². The van der Waals surface area contributed by atoms with Gasteiger partial charge < -0.3 is 45.9 Å². The number of nitrogen functional groups attached to an aromatic ring is 1. The lowest BCUT2D eigenvalue weighted by atomic mass is 10.1. The van der Waals surface area contributed by atoms with Crippen molar-refractivity contribution in [1.29, 1.82) is 0 Å². The Balaban J connectivity index is 0.000000196. The Hall–Kier alpha value is -2.39. The summed E-state index contributed by atoms with van der Waals surface area (Å²) in [4.78, 5) is 31.9. The zero-order valence-electron chi connectivity index (χ0n) is 16.8. The van der Waals surface area contributed by atoms with E-state index in [1.54, 1.807) is 18.5 Å². The fourth-order valence-electron chi connectivity index (χ4n) is 2.84. The number of phosphoric ester groups is 1. The Bertz CT molecular complexity index is 1130. The van der Waals surface area contributed by atoms with Gasteiger partial charge in [0.15, 0.2) is 17.8 Å². The zero-order valence-corrected chi connectivity index (χ0v) is 18.5. The van der Waals surface area contributed by atoms with Crippen LogP contribution in [0.4, 0.5) is 11.5 Å². The van der Waals surface area contributed by atoms with Gasteiger partial charge in [0.05, 0.1) is 12.9 Å². The molecule has 3 heterocycles. The number of hydrogen-bond acceptors (Lipinski definition) is 11. The molecule has 1 saturated heterocycles. The lowest BCUT2D eigenvalue weighted by Crippen LogP contribution is -2.34. The van der Waals surface area contributed by atoms with Crippen molar-refractivity contribution < 1.29 is 38.9 Å². The minimum Gasteiger partial charge on any atom is -0.398 e. The second-order valence-corrected chi connectivity index (χ2v) is 8.53. The first-order valence-corrected chi connectivity index (χ1v) is 11.3. The first-order chi connectivity index (χ1) is 15.5. The summed E-state index contributed by atoms with van der Waals surface area (Å²) in [7, 11) is -4.64. The van der Waals surface area contributed by atoms with Crippen molar-refractivity contribution in [2.45, 2.75) is 31.1 Å². The summed E-state index contributed by atoms with van der Waals surface area (Å²) in [5.74, 6) is 0.692. The molecule has 1 unspecified atom stereocenters. The van der Waals surface area contributed by atoms with Gasteiger partial charge in [-0.25, -0.2) is 19.5 Å². The summed E-state index contributed by atoms with van der Waals surface area (Å²) in [5, 5.41) is 30.9. The molecule has 1 aromatic carbocycles. The zero-order chi connectivity index (χ0) is 24.2. The van der Waals surface area contributed by atoms with Gasteiger partial charge in [-0.1, -0.05) is 17.7 Å². The molecule has 0 amide bonds. The number of phosphoric acid groups is 1. The molecule has 0 saturated carbocycles. The quantitative estimate of drug-likeness (QED) is 0.160. The highest BCUT2D eigenvalue weighted by molar-refractivity contribution is 7.46. The van der Waals surface area contributed by atoms with Crippen LogP contribution in [0.5, 0.6) is 0 Å². The van der Waals surface area contributed by atoms with Crippen molar-refractivity contribution >= 4 is 42.1 Å². The molecule has 0 spiro atoms. The number of ether oxygens (including phenoxy) is 1. The van der Waals surface area contributed by atoms with Crippen molar-refractivity contribution in [2.75, 3.05) is 17.7 Å². The van der Waals surface area contributed by atoms with Gasteiger partial charge in [-0.3, -0.25) is 4.52 Å². The summed E-state index contributed by atoms with van der Waals surface area (Å²) in [6.07, 6.45) is -2.61. The number of nitrogens with one attached hydrogen (secondary N) is 2. The van der Waals surface area contributed by atoms with Crippen LogP contribution in [0.3, 0.4) is 0 Å². The number of halogens is 1. The lowest BCUT2D eigenvalue weighted by Gasteiger charge is -2.14. The maximum Gasteiger partial charge on any atom is 0.469 e. The third-order valence-electron chi connectivity index (χ3n) is 4.52. The van der Waals surface area contributed by atoms with Gasteiger partial charge in [-0.15, -0.1) is 0 Å². The van der Waals surface area contributed by atoms with E-state index >= 15 is 0 Å². The molecule has 9 N–H and O–H groups in total. The average molecular weight is 505 g/mol. The van der Waals surface area contributed by atoms with Crippen molar-refractivity contribution in [3.63, 3.8) is 0 Å². The van der Waals surface area contributed by atoms with Gasteiger partial charge in [0.2, 0.25) is 0 Å². The topological polar surface area (TPSA) is 229 Å². The first kappa shape index (κ1) is 25.2. The van der Waals surface area contributed by atoms with Crippen LogP contribution in [0.25, 0.3) is 11.2 Å². The number of H-pyrrole nitrogens is 1. The van der Waals surface area contributed by atoms with Crippen LogP contribution in [-0.2, 0) is 20.4 Å². The minimum absolute atomic E-state index is 0.550. The molecule has 4 atom stereocenters. The van der Waals surface area contributed by atoms with Crippen LogP contribution in [0, 0.1) is 0 Å². The van der Waals surface area contributed by atoms with Crippen molar-refractivity contribution in [1.82, 2.24) is 19.9 Å². The molecule has 0 radical (unpaired) electrons. The maximum absolute atomic E-state index is 10.3. The Labute approximate surface area is 191 Å². The van der Waals surface area contributed by atoms with Crippen LogP contribution >= 0.6 is 19.4 Å². The number of benzene rings is 1. The molecule has 33 heavy (non-hydrogen) atoms. The van der Waals surface area contributed by atoms with Crippen LogP contribution in [0.15, 0.2) is 30.9 Å². The molecule has 180 valence electrons. The number of fused-ring (bicyclic) bond motifs is 1. The molecular formula is C17H22ClN6O8P. The Morgan fingerprint density at radius 3 is 2.61 bits per heavy atom. The number of imidazole rings is 1. The number of aromatic amines is 1. The number of rotatable bonds is 6. The normalized spacial score (nSPS) is 22.7. The second kappa shape index (κ2) is 10.7. The molecule has 16 heteroatoms. The van der Waals surface area contributed by atoms with E-state index in [4.69, 9.17) is 42.4 Å². The monoisotopic (exact) mass is 504 g/mol. The molecule has 0 bridgehead atoms. The fraction of sp³-hybridized carbons (Fsp3) is 0.353. The highest BCUT2D eigenvalue weighted by atomic mass is 35.5. The van der Waals surface area contributed by atoms with Crippen LogP contribution in [0.2, 0.25) is 5.02 Å². The molecule has 2 aromatic heterocycles. The van der Waals surface area contributed by atoms with E-state index in [0.29, 0.717) is 28.7 Å². The van der Waals surface area contributed by atoms with E-state index in [-0.39, 0.29) is 0 Å². The Morgan fingerprint density at radius 2 is 1.97 bits per heavy atom. The first-order valence-electron chi connectivity index (χ1n) is 9.36. The number of nitrogens with zero attached hydrogens (tertiary/aromatic N) is 3. The van der Waals surface area contributed by atoms with Gasteiger partial charge in [0.25, 0.3) is 0 Å². The van der Waals surface area contributed by atoms with Gasteiger partial charge in [0, 0.05) is 17.3 Å². The van der Waals surface area contributed by atoms with Gasteiger partial charge in [-0.05, 0) is 17.7 Å². The molecule has 1 aliphatic rings. The molecule has 3 aromatic rings. The van der Waals surface area contributed by atoms with Gasteiger partial charge in [0.1, 0.15) is 30.2 Å². The minimum atomic E-state index is -4.64. The SMILES string of the molecule is Nc1cc(Cl)ccc1CNc1ncnc2nc[nH]c12.O=P(O)(O)OC[C@H]1OC(O)[C@H](O)[C@@H]1O. The molecule has 1 fully saturated rings. The van der Waals surface area contributed by atoms with Crippen LogP contribution in [0.1, 0.15) is 5.56 Å². The second-order valence-electron chi connectivity index (χ2n) is 6.85. The molecule has 14 nitrogen and oxygen atoms in total. The average Bonchev–Trinajstić information content (AvgIpc) is 3.32. The molecule has 0 aliphatic carbocycles. The van der Waals surface area contributed by atoms with E-state index in [9.17, 15) is 4.57 Å². The number of aliphatic hydroxyl groups excluding tert-OH is 3. The number of hydrogen-bond donors (Lipinski definition) is 8. The number of aromatic nitrogens is 4. The Kier molecular flexibility index (Phi) is 8.18. The standard InChI is InChI=1S/C12H11ClN6.C5H11O8P/c13-8-2-1-7(9(14)3-8)4-15-11-10-12(17-5-16-10)19-6-18-11;6-3-2(1-12-14(9,10)11)13-5(8)4(3)7/h1-3,5-6H,4,14H2,(H2,15,16,17,18,19);2-8H,1H2,(H2,9,10,11)/t;2-,3-,4-,5?/m.1/s1. The summed E-state index contributed by atoms with van der Waals surface area (Å²) < 4.78 is 18.9. The predicted octanol–water partition coefficient (Wildman–Crippen LogP) is -0.265. The third kappa shape index (κ3) is 6.80. The van der Waals surface area contributed by atoms with Crippen LogP contribution < -0.4 is 11.1 Å². The largest absolute Gasteiger partial charge is 0.469 e. The smallest absolute Gasteiger partial charge is 0.398 e. The van der Waals surface area contributed by atoms with E-state index in [0.717, 1.165) is 11.1 Å². The summed E-state index contributed by atoms with van der Waals surface area (Å²) in [6, 6.07) is 5.42. The highest BCUT2D eigenvalue weighted by Crippen LogP contribution is 2.37.